The molecule has 2 N–H and O–H groups in total. The Morgan fingerprint density at radius 3 is 2.41 bits per heavy atom. The molecule has 1 atom stereocenters. The molecule has 2 aliphatic rings. The minimum absolute atomic E-state index is 0.00100. The van der Waals surface area contributed by atoms with Gasteiger partial charge in [-0.25, -0.2) is 10.4 Å². The fourth-order valence-corrected chi connectivity index (χ4v) is 4.98. The fourth-order valence-electron chi connectivity index (χ4n) is 3.82. The summed E-state index contributed by atoms with van der Waals surface area (Å²) in [5.41, 5.74) is 5.01. The van der Waals surface area contributed by atoms with Crippen molar-refractivity contribution in [2.45, 2.75) is 11.4 Å². The first kappa shape index (κ1) is 20.1. The van der Waals surface area contributed by atoms with Crippen LogP contribution in [0.4, 0.5) is 11.4 Å². The lowest BCUT2D eigenvalue weighted by Gasteiger charge is -2.34. The average molecular weight is 446 g/mol. The van der Waals surface area contributed by atoms with Gasteiger partial charge in [-0.2, -0.15) is 8.42 Å². The van der Waals surface area contributed by atoms with Gasteiger partial charge >= 0.3 is 0 Å². The van der Waals surface area contributed by atoms with Crippen LogP contribution in [0.15, 0.2) is 88.2 Å². The fraction of sp³-hybridized carbons (Fsp3) is 0.0870. The first-order valence-electron chi connectivity index (χ1n) is 9.91. The Morgan fingerprint density at radius 1 is 0.906 bits per heavy atom. The number of hydrogen-bond acceptors (Lipinski definition) is 6. The number of fused-ring (bicyclic) bond motifs is 2. The summed E-state index contributed by atoms with van der Waals surface area (Å²) in [6, 6.07) is 22.4. The van der Waals surface area contributed by atoms with Gasteiger partial charge < -0.3 is 5.32 Å². The number of carbonyl (C=O) groups is 2. The van der Waals surface area contributed by atoms with E-state index >= 15 is 0 Å². The van der Waals surface area contributed by atoms with Gasteiger partial charge in [0.1, 0.15) is 10.7 Å². The van der Waals surface area contributed by atoms with Crippen molar-refractivity contribution in [2.75, 3.05) is 10.3 Å². The summed E-state index contributed by atoms with van der Waals surface area (Å²) >= 11 is 0. The second-order valence-corrected chi connectivity index (χ2v) is 8.95. The predicted molar refractivity (Wildman–Crippen MR) is 120 cm³/mol. The molecule has 32 heavy (non-hydrogen) atoms. The summed E-state index contributed by atoms with van der Waals surface area (Å²) in [6.45, 7) is 0.336. The number of benzene rings is 3. The number of anilines is 2. The maximum Gasteiger partial charge on any atom is 0.286 e. The van der Waals surface area contributed by atoms with E-state index in [4.69, 9.17) is 0 Å². The number of rotatable bonds is 4. The Morgan fingerprint density at radius 2 is 1.59 bits per heavy atom. The topological polar surface area (TPSA) is 108 Å². The maximum absolute atomic E-state index is 13.5. The van der Waals surface area contributed by atoms with Crippen molar-refractivity contribution < 1.29 is 18.0 Å². The van der Waals surface area contributed by atoms with Crippen LogP contribution >= 0.6 is 0 Å². The number of amidine groups is 1. The van der Waals surface area contributed by atoms with E-state index in [-0.39, 0.29) is 16.4 Å². The van der Waals surface area contributed by atoms with Crippen LogP contribution in [0.2, 0.25) is 0 Å². The van der Waals surface area contributed by atoms with E-state index in [9.17, 15) is 18.0 Å². The molecule has 0 saturated carbocycles. The van der Waals surface area contributed by atoms with Crippen LogP contribution in [0.3, 0.4) is 0 Å². The minimum Gasteiger partial charge on any atom is -0.341 e. The van der Waals surface area contributed by atoms with Gasteiger partial charge in [-0.1, -0.05) is 54.6 Å². The van der Waals surface area contributed by atoms with Crippen molar-refractivity contribution >= 4 is 38.9 Å². The Bertz CT molecular complexity index is 1370. The zero-order valence-electron chi connectivity index (χ0n) is 16.7. The van der Waals surface area contributed by atoms with Crippen molar-refractivity contribution in [1.82, 2.24) is 5.43 Å². The van der Waals surface area contributed by atoms with Crippen LogP contribution < -0.4 is 15.8 Å². The third kappa shape index (κ3) is 3.37. The molecule has 0 spiro atoms. The van der Waals surface area contributed by atoms with Gasteiger partial charge in [0.25, 0.3) is 15.9 Å². The number of hydrazine groups is 1. The van der Waals surface area contributed by atoms with Crippen molar-refractivity contribution in [1.29, 1.82) is 0 Å². The van der Waals surface area contributed by atoms with Crippen LogP contribution in [-0.4, -0.2) is 25.9 Å². The lowest BCUT2D eigenvalue weighted by molar-refractivity contribution is -0.120. The highest BCUT2D eigenvalue weighted by atomic mass is 32.2. The standard InChI is InChI=1S/C23H18N4O4S/c28-21-16-10-4-6-12-18(16)27(24-14-15-8-2-1-3-9-15)23(29)20(21)22-25-17-11-5-7-13-19(17)32(30,31)26-22/h1-13,20,24H,14H2,(H,25,26). The Kier molecular flexibility index (Phi) is 4.84. The molecule has 0 bridgehead atoms. The molecular formula is C23H18N4O4S. The molecule has 0 saturated heterocycles. The SMILES string of the molecule is O=C1c2ccccc2N(NCc2ccccc2)C(=O)C1C1=NS(=O)(=O)c2ccccc2N1. The molecule has 2 heterocycles. The van der Waals surface area contributed by atoms with E-state index in [0.29, 0.717) is 17.8 Å². The number of nitrogens with zero attached hydrogens (tertiary/aromatic N) is 2. The smallest absolute Gasteiger partial charge is 0.286 e. The number of ketones is 1. The second-order valence-electron chi connectivity index (χ2n) is 7.38. The van der Waals surface area contributed by atoms with E-state index in [1.165, 1.54) is 11.1 Å². The molecule has 2 aliphatic heterocycles. The first-order chi connectivity index (χ1) is 15.5. The monoisotopic (exact) mass is 446 g/mol. The summed E-state index contributed by atoms with van der Waals surface area (Å²) < 4.78 is 29.2. The van der Waals surface area contributed by atoms with Crippen LogP contribution in [0, 0.1) is 5.92 Å². The summed E-state index contributed by atoms with van der Waals surface area (Å²) in [7, 11) is -4.06. The quantitative estimate of drug-likeness (QED) is 0.597. The molecule has 3 aromatic carbocycles. The lowest BCUT2D eigenvalue weighted by Crippen LogP contribution is -2.55. The number of hydrogen-bond donors (Lipinski definition) is 2. The van der Waals surface area contributed by atoms with Gasteiger partial charge in [0, 0.05) is 12.1 Å². The largest absolute Gasteiger partial charge is 0.341 e. The maximum atomic E-state index is 13.5. The third-order valence-electron chi connectivity index (χ3n) is 5.34. The van der Waals surface area contributed by atoms with Gasteiger partial charge in [0.2, 0.25) is 0 Å². The van der Waals surface area contributed by atoms with Gasteiger partial charge in [0.05, 0.1) is 11.4 Å². The predicted octanol–water partition coefficient (Wildman–Crippen LogP) is 2.75. The highest BCUT2D eigenvalue weighted by Crippen LogP contribution is 2.34. The van der Waals surface area contributed by atoms with E-state index in [2.05, 4.69) is 15.1 Å². The van der Waals surface area contributed by atoms with E-state index < -0.39 is 27.6 Å². The number of sulfonamides is 1. The van der Waals surface area contributed by atoms with Crippen LogP contribution in [0.1, 0.15) is 15.9 Å². The molecule has 0 radical (unpaired) electrons. The van der Waals surface area contributed by atoms with Crippen LogP contribution in [-0.2, 0) is 21.4 Å². The summed E-state index contributed by atoms with van der Waals surface area (Å²) in [5.74, 6) is -2.74. The third-order valence-corrected chi connectivity index (χ3v) is 6.69. The number of Topliss-reactive ketones (excluding diaryl/α,β-unsaturated/α-hetero) is 1. The van der Waals surface area contributed by atoms with Crippen molar-refractivity contribution in [3.8, 4) is 0 Å². The number of para-hydroxylation sites is 2. The lowest BCUT2D eigenvalue weighted by atomic mass is 9.90. The highest BCUT2D eigenvalue weighted by molar-refractivity contribution is 7.90. The Hall–Kier alpha value is -3.82. The van der Waals surface area contributed by atoms with Crippen molar-refractivity contribution in [2.24, 2.45) is 10.3 Å². The summed E-state index contributed by atoms with van der Waals surface area (Å²) in [5, 5.41) is 4.18. The van der Waals surface area contributed by atoms with Gasteiger partial charge in [-0.05, 0) is 29.8 Å². The number of amides is 1. The first-order valence-corrected chi connectivity index (χ1v) is 11.4. The van der Waals surface area contributed by atoms with Gasteiger partial charge in [-0.3, -0.25) is 9.59 Å². The van der Waals surface area contributed by atoms with Crippen molar-refractivity contribution in [3.05, 3.63) is 90.0 Å². The molecule has 9 heteroatoms. The summed E-state index contributed by atoms with van der Waals surface area (Å²) in [4.78, 5) is 26.7. The molecule has 1 unspecified atom stereocenters. The van der Waals surface area contributed by atoms with Crippen LogP contribution in [0.5, 0.6) is 0 Å². The normalized spacial score (nSPS) is 18.9. The molecule has 0 aromatic heterocycles. The molecule has 160 valence electrons. The average Bonchev–Trinajstić information content (AvgIpc) is 2.79. The highest BCUT2D eigenvalue weighted by Gasteiger charge is 2.44. The molecule has 3 aromatic rings. The minimum atomic E-state index is -4.06. The molecular weight excluding hydrogens is 428 g/mol. The number of nitrogens with one attached hydrogen (secondary N) is 2. The molecule has 0 aliphatic carbocycles. The molecule has 0 fully saturated rings. The zero-order valence-corrected chi connectivity index (χ0v) is 17.5. The molecule has 1 amide bonds. The van der Waals surface area contributed by atoms with E-state index in [1.807, 2.05) is 30.3 Å². The summed E-state index contributed by atoms with van der Waals surface area (Å²) in [6.07, 6.45) is 0. The zero-order chi connectivity index (χ0) is 22.3. The van der Waals surface area contributed by atoms with Gasteiger partial charge in [-0.15, -0.1) is 4.40 Å². The Balaban J connectivity index is 1.55. The molecule has 8 nitrogen and oxygen atoms in total. The second kappa shape index (κ2) is 7.70. The van der Waals surface area contributed by atoms with Gasteiger partial charge in [0.15, 0.2) is 11.7 Å². The van der Waals surface area contributed by atoms with Crippen LogP contribution in [0.25, 0.3) is 0 Å². The Labute approximate surface area is 184 Å². The van der Waals surface area contributed by atoms with E-state index in [1.54, 1.807) is 42.5 Å². The van der Waals surface area contributed by atoms with E-state index in [0.717, 1.165) is 5.56 Å². The number of carbonyl (C=O) groups excluding carboxylic acids is 2. The van der Waals surface area contributed by atoms with Crippen molar-refractivity contribution in [3.63, 3.8) is 0 Å². The molecule has 5 rings (SSSR count).